The standard InChI is InChI=1S/C24H29N3O4/c1-25-13-15(10-11-21(29)31-5)17-12-20(28)24-22(23(25)18(17)14-27(3,4)30)16-8-6-7-9-19(16)26(24)2/h6-11,13,17-18,23H,12,14H2,1-5H3/b11-10+/t17-,18-,23+/m0/s1. The van der Waals surface area contributed by atoms with Gasteiger partial charge >= 0.3 is 5.97 Å². The monoisotopic (exact) mass is 423 g/mol. The minimum atomic E-state index is -0.451. The maximum absolute atomic E-state index is 13.5. The van der Waals surface area contributed by atoms with E-state index >= 15 is 0 Å². The molecule has 0 spiro atoms. The fourth-order valence-corrected chi connectivity index (χ4v) is 5.36. The Balaban J connectivity index is 1.94. The van der Waals surface area contributed by atoms with Crippen molar-refractivity contribution in [1.82, 2.24) is 9.47 Å². The van der Waals surface area contributed by atoms with Crippen LogP contribution >= 0.6 is 0 Å². The predicted octanol–water partition coefficient (Wildman–Crippen LogP) is 3.17. The number of quaternary nitrogens is 1. The number of carbonyl (C=O) groups is 2. The van der Waals surface area contributed by atoms with Gasteiger partial charge in [0.05, 0.1) is 39.5 Å². The largest absolute Gasteiger partial charge is 0.633 e. The fourth-order valence-electron chi connectivity index (χ4n) is 5.36. The van der Waals surface area contributed by atoms with Gasteiger partial charge in [-0.3, -0.25) is 4.79 Å². The van der Waals surface area contributed by atoms with E-state index in [9.17, 15) is 14.8 Å². The van der Waals surface area contributed by atoms with Crippen LogP contribution in [-0.4, -0.2) is 60.7 Å². The van der Waals surface area contributed by atoms with Crippen molar-refractivity contribution in [1.29, 1.82) is 0 Å². The molecule has 0 fully saturated rings. The second kappa shape index (κ2) is 7.66. The quantitative estimate of drug-likeness (QED) is 0.327. The number of aromatic nitrogens is 1. The first-order valence-electron chi connectivity index (χ1n) is 10.5. The van der Waals surface area contributed by atoms with Crippen LogP contribution in [0.1, 0.15) is 28.5 Å². The third-order valence-electron chi connectivity index (χ3n) is 6.52. The van der Waals surface area contributed by atoms with Crippen LogP contribution in [0.4, 0.5) is 0 Å². The number of nitrogens with zero attached hydrogens (tertiary/aromatic N) is 3. The summed E-state index contributed by atoms with van der Waals surface area (Å²) in [5.74, 6) is -0.630. The van der Waals surface area contributed by atoms with E-state index in [2.05, 4.69) is 11.0 Å². The number of rotatable bonds is 4. The lowest BCUT2D eigenvalue weighted by Gasteiger charge is -2.46. The number of esters is 1. The van der Waals surface area contributed by atoms with Crippen molar-refractivity contribution in [3.05, 3.63) is 64.7 Å². The van der Waals surface area contributed by atoms with Crippen LogP contribution < -0.4 is 0 Å². The summed E-state index contributed by atoms with van der Waals surface area (Å²) in [6.45, 7) is 0.360. The Morgan fingerprint density at radius 3 is 2.68 bits per heavy atom. The van der Waals surface area contributed by atoms with Crippen molar-refractivity contribution in [2.45, 2.75) is 12.5 Å². The molecule has 1 aliphatic heterocycles. The molecule has 0 saturated heterocycles. The molecular weight excluding hydrogens is 394 g/mol. The maximum atomic E-state index is 13.5. The molecule has 0 radical (unpaired) electrons. The predicted molar refractivity (Wildman–Crippen MR) is 119 cm³/mol. The van der Waals surface area contributed by atoms with Crippen LogP contribution in [0.5, 0.6) is 0 Å². The lowest BCUT2D eigenvalue weighted by Crippen LogP contribution is -2.46. The molecule has 7 nitrogen and oxygen atoms in total. The molecule has 1 aromatic heterocycles. The van der Waals surface area contributed by atoms with Gasteiger partial charge in [0.15, 0.2) is 5.78 Å². The van der Waals surface area contributed by atoms with Crippen LogP contribution in [0.2, 0.25) is 0 Å². The number of aryl methyl sites for hydroxylation is 1. The number of ether oxygens (including phenoxy) is 1. The second-order valence-corrected chi connectivity index (χ2v) is 9.09. The van der Waals surface area contributed by atoms with E-state index in [0.717, 1.165) is 22.0 Å². The zero-order chi connectivity index (χ0) is 22.5. The summed E-state index contributed by atoms with van der Waals surface area (Å²) >= 11 is 0. The average Bonchev–Trinajstić information content (AvgIpc) is 2.94. The van der Waals surface area contributed by atoms with Gasteiger partial charge in [-0.15, -0.1) is 0 Å². The summed E-state index contributed by atoms with van der Waals surface area (Å²) in [5, 5.41) is 13.9. The minimum absolute atomic E-state index is 0.0649. The highest BCUT2D eigenvalue weighted by Gasteiger charge is 2.46. The van der Waals surface area contributed by atoms with Crippen molar-refractivity contribution in [3.63, 3.8) is 0 Å². The highest BCUT2D eigenvalue weighted by atomic mass is 16.5. The number of Topliss-reactive ketones (excluding diaryl/α,β-unsaturated/α-hetero) is 1. The van der Waals surface area contributed by atoms with E-state index < -0.39 is 10.6 Å². The van der Waals surface area contributed by atoms with E-state index in [0.29, 0.717) is 18.7 Å². The summed E-state index contributed by atoms with van der Waals surface area (Å²) < 4.78 is 6.27. The topological polar surface area (TPSA) is 74.6 Å². The van der Waals surface area contributed by atoms with Gasteiger partial charge in [-0.2, -0.15) is 0 Å². The van der Waals surface area contributed by atoms with Crippen molar-refractivity contribution < 1.29 is 19.0 Å². The molecule has 0 amide bonds. The van der Waals surface area contributed by atoms with Crippen molar-refractivity contribution in [2.75, 3.05) is 34.8 Å². The Labute approximate surface area is 182 Å². The van der Waals surface area contributed by atoms with Crippen molar-refractivity contribution in [3.8, 4) is 0 Å². The van der Waals surface area contributed by atoms with Gasteiger partial charge in [-0.05, 0) is 11.6 Å². The molecule has 31 heavy (non-hydrogen) atoms. The number of ketones is 1. The number of allylic oxidation sites excluding steroid dienone is 2. The highest BCUT2D eigenvalue weighted by molar-refractivity contribution is 6.04. The Hall–Kier alpha value is -2.90. The highest BCUT2D eigenvalue weighted by Crippen LogP contribution is 2.49. The third-order valence-corrected chi connectivity index (χ3v) is 6.52. The second-order valence-electron chi connectivity index (χ2n) is 9.09. The lowest BCUT2D eigenvalue weighted by molar-refractivity contribution is -0.844. The average molecular weight is 424 g/mol. The van der Waals surface area contributed by atoms with Gasteiger partial charge in [0.1, 0.15) is 0 Å². The van der Waals surface area contributed by atoms with Gasteiger partial charge in [0.25, 0.3) is 0 Å². The minimum Gasteiger partial charge on any atom is -0.633 e. The number of carbonyl (C=O) groups excluding carboxylic acids is 2. The molecule has 0 saturated carbocycles. The van der Waals surface area contributed by atoms with E-state index in [1.807, 2.05) is 43.1 Å². The summed E-state index contributed by atoms with van der Waals surface area (Å²) in [6.07, 6.45) is 5.40. The number of fused-ring (bicyclic) bond motifs is 6. The Kier molecular flexibility index (Phi) is 5.27. The van der Waals surface area contributed by atoms with E-state index in [-0.39, 0.29) is 23.7 Å². The molecule has 0 N–H and O–H groups in total. The van der Waals surface area contributed by atoms with Crippen LogP contribution in [0.3, 0.4) is 0 Å². The first-order chi connectivity index (χ1) is 14.6. The zero-order valence-electron chi connectivity index (χ0n) is 18.7. The number of hydrogen-bond donors (Lipinski definition) is 0. The smallest absolute Gasteiger partial charge is 0.330 e. The molecule has 1 aliphatic carbocycles. The molecule has 2 aliphatic rings. The number of para-hydroxylation sites is 1. The first-order valence-corrected chi connectivity index (χ1v) is 10.5. The number of hydrogen-bond acceptors (Lipinski definition) is 5. The Morgan fingerprint density at radius 1 is 1.29 bits per heavy atom. The molecule has 0 unspecified atom stereocenters. The normalized spacial score (nSPS) is 23.7. The Bertz CT molecular complexity index is 1110. The molecule has 1 aromatic carbocycles. The van der Waals surface area contributed by atoms with Crippen molar-refractivity contribution >= 4 is 22.7 Å². The summed E-state index contributed by atoms with van der Waals surface area (Å²) in [6, 6.07) is 7.94. The first kappa shape index (κ1) is 21.3. The molecule has 7 heteroatoms. The Morgan fingerprint density at radius 2 is 2.00 bits per heavy atom. The van der Waals surface area contributed by atoms with Crippen LogP contribution in [0, 0.1) is 17.0 Å². The molecule has 164 valence electrons. The molecule has 3 atom stereocenters. The van der Waals surface area contributed by atoms with Crippen LogP contribution in [0.25, 0.3) is 10.9 Å². The summed E-state index contributed by atoms with van der Waals surface area (Å²) in [5.41, 5.74) is 3.60. The lowest BCUT2D eigenvalue weighted by atomic mass is 9.75. The van der Waals surface area contributed by atoms with Gasteiger partial charge in [-0.1, -0.05) is 24.3 Å². The number of hydroxylamine groups is 3. The molecule has 2 aromatic rings. The van der Waals surface area contributed by atoms with Gasteiger partial charge in [0, 0.05) is 61.1 Å². The molecular formula is C24H29N3O4. The van der Waals surface area contributed by atoms with E-state index in [1.165, 1.54) is 13.2 Å². The molecule has 4 rings (SSSR count). The van der Waals surface area contributed by atoms with Crippen LogP contribution in [0.15, 0.2) is 48.2 Å². The van der Waals surface area contributed by atoms with Gasteiger partial charge in [-0.25, -0.2) is 4.79 Å². The summed E-state index contributed by atoms with van der Waals surface area (Å²) in [4.78, 5) is 27.3. The van der Waals surface area contributed by atoms with Crippen molar-refractivity contribution in [2.24, 2.45) is 18.9 Å². The van der Waals surface area contributed by atoms with E-state index in [1.54, 1.807) is 20.2 Å². The molecule has 2 bridgehead atoms. The number of benzene rings is 1. The molecule has 2 heterocycles. The third kappa shape index (κ3) is 3.68. The van der Waals surface area contributed by atoms with Gasteiger partial charge in [0.2, 0.25) is 0 Å². The number of methoxy groups -OCH3 is 1. The fraction of sp³-hybridized carbons (Fsp3) is 0.417. The maximum Gasteiger partial charge on any atom is 0.330 e. The SMILES string of the molecule is COC(=O)/C=C/C1=CN(C)[C@H]2c3c(n(C)c4ccccc34)C(=O)C[C@@H]1[C@@H]2C[N+](C)(C)[O-]. The van der Waals surface area contributed by atoms with E-state index in [4.69, 9.17) is 4.74 Å². The van der Waals surface area contributed by atoms with Crippen LogP contribution in [-0.2, 0) is 16.6 Å². The van der Waals surface area contributed by atoms with Gasteiger partial charge < -0.3 is 24.1 Å². The zero-order valence-corrected chi connectivity index (χ0v) is 18.7. The summed E-state index contributed by atoms with van der Waals surface area (Å²) in [7, 11) is 8.52.